The number of amides is 2. The summed E-state index contributed by atoms with van der Waals surface area (Å²) in [5, 5.41) is 5.97. The number of carbonyl (C=O) groups excluding carboxylic acids is 2. The van der Waals surface area contributed by atoms with Gasteiger partial charge in [-0.05, 0) is 68.0 Å². The van der Waals surface area contributed by atoms with E-state index in [1.807, 2.05) is 19.9 Å². The third-order valence-electron chi connectivity index (χ3n) is 6.05. The molecule has 2 bridgehead atoms. The normalized spacial score (nSPS) is 26.3. The summed E-state index contributed by atoms with van der Waals surface area (Å²) in [4.78, 5) is 29.1. The summed E-state index contributed by atoms with van der Waals surface area (Å²) in [6, 6.07) is 9.36. The number of rotatable bonds is 5. The van der Waals surface area contributed by atoms with Gasteiger partial charge in [0.25, 0.3) is 5.91 Å². The van der Waals surface area contributed by atoms with Gasteiger partial charge >= 0.3 is 0 Å². The maximum absolute atomic E-state index is 13.0. The van der Waals surface area contributed by atoms with E-state index in [9.17, 15) is 14.0 Å². The summed E-state index contributed by atoms with van der Waals surface area (Å²) in [6.07, 6.45) is 4.01. The standard InChI is InChI=1S/C21H22FN3O2/c1-13-3-4-15(9-23-13)19(27)25-21-10-20(11-21,12-21)14(2)18(26)24-17-7-5-16(22)6-8-17/h3-9,14H,10-12H2,1-2H3,(H,24,26)(H,25,27). The molecule has 0 radical (unpaired) electrons. The predicted octanol–water partition coefficient (Wildman–Crippen LogP) is 3.46. The third kappa shape index (κ3) is 3.09. The van der Waals surface area contributed by atoms with Crippen LogP contribution in [-0.4, -0.2) is 22.3 Å². The summed E-state index contributed by atoms with van der Waals surface area (Å²) in [7, 11) is 0. The van der Waals surface area contributed by atoms with Gasteiger partial charge in [0.05, 0.1) is 5.56 Å². The van der Waals surface area contributed by atoms with Crippen molar-refractivity contribution in [3.05, 3.63) is 59.7 Å². The molecule has 3 saturated carbocycles. The first-order valence-electron chi connectivity index (χ1n) is 9.13. The van der Waals surface area contributed by atoms with Crippen molar-refractivity contribution in [3.63, 3.8) is 0 Å². The lowest BCUT2D eigenvalue weighted by Gasteiger charge is -2.72. The zero-order valence-corrected chi connectivity index (χ0v) is 15.4. The fraction of sp³-hybridized carbons (Fsp3) is 0.381. The van der Waals surface area contributed by atoms with E-state index in [2.05, 4.69) is 15.6 Å². The van der Waals surface area contributed by atoms with E-state index in [0.29, 0.717) is 11.3 Å². The second kappa shape index (κ2) is 6.15. The highest BCUT2D eigenvalue weighted by molar-refractivity contribution is 5.95. The summed E-state index contributed by atoms with van der Waals surface area (Å²) >= 11 is 0. The van der Waals surface area contributed by atoms with Crippen LogP contribution < -0.4 is 10.6 Å². The van der Waals surface area contributed by atoms with E-state index in [0.717, 1.165) is 25.0 Å². The fourth-order valence-corrected chi connectivity index (χ4v) is 4.44. The van der Waals surface area contributed by atoms with Crippen LogP contribution in [-0.2, 0) is 4.79 Å². The third-order valence-corrected chi connectivity index (χ3v) is 6.05. The maximum atomic E-state index is 13.0. The minimum atomic E-state index is -0.332. The van der Waals surface area contributed by atoms with Crippen molar-refractivity contribution in [3.8, 4) is 0 Å². The van der Waals surface area contributed by atoms with Gasteiger partial charge in [-0.3, -0.25) is 14.6 Å². The van der Waals surface area contributed by atoms with Crippen molar-refractivity contribution in [2.45, 2.75) is 38.6 Å². The Morgan fingerprint density at radius 2 is 1.78 bits per heavy atom. The lowest BCUT2D eigenvalue weighted by molar-refractivity contribution is -0.184. The highest BCUT2D eigenvalue weighted by atomic mass is 19.1. The van der Waals surface area contributed by atoms with Crippen molar-refractivity contribution < 1.29 is 14.0 Å². The van der Waals surface area contributed by atoms with Gasteiger partial charge in [-0.15, -0.1) is 0 Å². The number of halogens is 1. The molecule has 1 heterocycles. The van der Waals surface area contributed by atoms with Crippen LogP contribution in [0.15, 0.2) is 42.6 Å². The molecule has 2 amide bonds. The fourth-order valence-electron chi connectivity index (χ4n) is 4.44. The lowest BCUT2D eigenvalue weighted by Crippen LogP contribution is -2.77. The van der Waals surface area contributed by atoms with E-state index in [-0.39, 0.29) is 34.5 Å². The van der Waals surface area contributed by atoms with Gasteiger partial charge in [-0.1, -0.05) is 6.92 Å². The molecular weight excluding hydrogens is 345 g/mol. The monoisotopic (exact) mass is 367 g/mol. The number of aromatic nitrogens is 1. The summed E-state index contributed by atoms with van der Waals surface area (Å²) in [6.45, 7) is 3.80. The minimum absolute atomic E-state index is 0.0527. The zero-order valence-electron chi connectivity index (χ0n) is 15.4. The number of carbonyl (C=O) groups is 2. The van der Waals surface area contributed by atoms with E-state index >= 15 is 0 Å². The Bertz CT molecular complexity index is 873. The van der Waals surface area contributed by atoms with Crippen LogP contribution >= 0.6 is 0 Å². The molecule has 1 aromatic carbocycles. The first-order chi connectivity index (χ1) is 12.8. The smallest absolute Gasteiger partial charge is 0.253 e. The predicted molar refractivity (Wildman–Crippen MR) is 99.6 cm³/mol. The Balaban J connectivity index is 1.33. The molecule has 140 valence electrons. The minimum Gasteiger partial charge on any atom is -0.346 e. The number of aryl methyl sites for hydroxylation is 1. The molecule has 27 heavy (non-hydrogen) atoms. The molecule has 1 aromatic heterocycles. The van der Waals surface area contributed by atoms with Gasteiger partial charge < -0.3 is 10.6 Å². The quantitative estimate of drug-likeness (QED) is 0.850. The molecule has 1 atom stereocenters. The van der Waals surface area contributed by atoms with Crippen LogP contribution in [0.1, 0.15) is 42.2 Å². The van der Waals surface area contributed by atoms with Gasteiger partial charge in [0.1, 0.15) is 5.82 Å². The molecule has 5 nitrogen and oxygen atoms in total. The van der Waals surface area contributed by atoms with Gasteiger partial charge in [0.2, 0.25) is 5.91 Å². The highest BCUT2D eigenvalue weighted by Gasteiger charge is 2.71. The SMILES string of the molecule is Cc1ccc(C(=O)NC23CC(C(C)C(=O)Nc4ccc(F)cc4)(C2)C3)cn1. The molecule has 0 saturated heterocycles. The summed E-state index contributed by atoms with van der Waals surface area (Å²) < 4.78 is 13.0. The first-order valence-corrected chi connectivity index (χ1v) is 9.13. The van der Waals surface area contributed by atoms with Crippen LogP contribution in [0, 0.1) is 24.1 Å². The van der Waals surface area contributed by atoms with E-state index in [1.165, 1.54) is 12.1 Å². The number of benzene rings is 1. The van der Waals surface area contributed by atoms with Crippen LogP contribution in [0.25, 0.3) is 0 Å². The molecule has 1 unspecified atom stereocenters. The first kappa shape index (κ1) is 17.6. The van der Waals surface area contributed by atoms with E-state index < -0.39 is 0 Å². The molecule has 0 spiro atoms. The largest absolute Gasteiger partial charge is 0.346 e. The van der Waals surface area contributed by atoms with Gasteiger partial charge in [-0.2, -0.15) is 0 Å². The molecule has 3 aliphatic carbocycles. The van der Waals surface area contributed by atoms with Gasteiger partial charge in [0.15, 0.2) is 0 Å². The Morgan fingerprint density at radius 1 is 1.11 bits per heavy atom. The van der Waals surface area contributed by atoms with Crippen LogP contribution in [0.3, 0.4) is 0 Å². The van der Waals surface area contributed by atoms with Gasteiger partial charge in [-0.25, -0.2) is 4.39 Å². The van der Waals surface area contributed by atoms with Crippen molar-refractivity contribution in [1.82, 2.24) is 10.3 Å². The van der Waals surface area contributed by atoms with Crippen LogP contribution in [0.4, 0.5) is 10.1 Å². The number of anilines is 1. The average molecular weight is 367 g/mol. The van der Waals surface area contributed by atoms with Gasteiger partial charge in [0, 0.05) is 29.0 Å². The Kier molecular flexibility index (Phi) is 4.02. The Hall–Kier alpha value is -2.76. The number of pyridine rings is 1. The van der Waals surface area contributed by atoms with Crippen molar-refractivity contribution >= 4 is 17.5 Å². The number of nitrogens with one attached hydrogen (secondary N) is 2. The van der Waals surface area contributed by atoms with Crippen molar-refractivity contribution in [2.24, 2.45) is 11.3 Å². The number of hydrogen-bond donors (Lipinski definition) is 2. The summed E-state index contributed by atoms with van der Waals surface area (Å²) in [5.74, 6) is -0.674. The lowest BCUT2D eigenvalue weighted by atomic mass is 9.36. The number of hydrogen-bond acceptors (Lipinski definition) is 3. The van der Waals surface area contributed by atoms with E-state index in [4.69, 9.17) is 0 Å². The zero-order chi connectivity index (χ0) is 19.2. The molecule has 3 aliphatic rings. The highest BCUT2D eigenvalue weighted by Crippen LogP contribution is 2.70. The number of nitrogens with zero attached hydrogens (tertiary/aromatic N) is 1. The van der Waals surface area contributed by atoms with E-state index in [1.54, 1.807) is 24.4 Å². The molecule has 2 N–H and O–H groups in total. The molecule has 3 fully saturated rings. The molecule has 5 rings (SSSR count). The van der Waals surface area contributed by atoms with Crippen molar-refractivity contribution in [2.75, 3.05) is 5.32 Å². The average Bonchev–Trinajstić information content (AvgIpc) is 2.58. The molecule has 2 aromatic rings. The molecule has 0 aliphatic heterocycles. The molecule has 6 heteroatoms. The van der Waals surface area contributed by atoms with Crippen LogP contribution in [0.5, 0.6) is 0 Å². The maximum Gasteiger partial charge on any atom is 0.253 e. The Morgan fingerprint density at radius 3 is 2.37 bits per heavy atom. The topological polar surface area (TPSA) is 71.1 Å². The summed E-state index contributed by atoms with van der Waals surface area (Å²) in [5.41, 5.74) is 1.78. The van der Waals surface area contributed by atoms with Crippen molar-refractivity contribution in [1.29, 1.82) is 0 Å². The second-order valence-electron chi connectivity index (χ2n) is 8.03. The molecular formula is C21H22FN3O2. The second-order valence-corrected chi connectivity index (χ2v) is 8.03. The Labute approximate surface area is 157 Å². The van der Waals surface area contributed by atoms with Crippen LogP contribution in [0.2, 0.25) is 0 Å².